The molecule has 0 N–H and O–H groups in total. The molecule has 1 aromatic heterocycles. The summed E-state index contributed by atoms with van der Waals surface area (Å²) >= 11 is 3.16. The maximum Gasteiger partial charge on any atom is 0.322 e. The summed E-state index contributed by atoms with van der Waals surface area (Å²) < 4.78 is 9.87. The largest absolute Gasteiger partial charge is 0.490 e. The number of carbonyl (C=O) groups excluding carboxylic acids is 1. The van der Waals surface area contributed by atoms with Crippen LogP contribution in [0.4, 0.5) is 0 Å². The maximum absolute atomic E-state index is 11.0. The fourth-order valence-electron chi connectivity index (χ4n) is 0.905. The predicted octanol–water partition coefficient (Wildman–Crippen LogP) is 1.71. The quantitative estimate of drug-likeness (QED) is 0.619. The minimum Gasteiger partial charge on any atom is -0.490 e. The van der Waals surface area contributed by atoms with Gasteiger partial charge in [-0.25, -0.2) is 0 Å². The van der Waals surface area contributed by atoms with Gasteiger partial charge in [0.2, 0.25) is 0 Å². The van der Waals surface area contributed by atoms with E-state index in [-0.39, 0.29) is 12.6 Å². The lowest BCUT2D eigenvalue weighted by atomic mass is 10.4. The predicted molar refractivity (Wildman–Crippen MR) is 59.2 cm³/mol. The lowest BCUT2D eigenvalue weighted by molar-refractivity contribution is -0.140. The van der Waals surface area contributed by atoms with Crippen LogP contribution in [0.15, 0.2) is 18.3 Å². The third kappa shape index (κ3) is 3.87. The third-order valence-corrected chi connectivity index (χ3v) is 2.38. The van der Waals surface area contributed by atoms with Gasteiger partial charge in [0.1, 0.15) is 17.2 Å². The molecule has 0 saturated carbocycles. The summed E-state index contributed by atoms with van der Waals surface area (Å²) in [5, 5.41) is 0. The van der Waals surface area contributed by atoms with Crippen LogP contribution in [0, 0.1) is 6.92 Å². The number of esters is 1. The maximum atomic E-state index is 11.0. The molecule has 0 radical (unpaired) electrons. The van der Waals surface area contributed by atoms with Crippen molar-refractivity contribution in [2.45, 2.75) is 11.8 Å². The zero-order chi connectivity index (χ0) is 11.3. The van der Waals surface area contributed by atoms with Crippen molar-refractivity contribution in [3.05, 3.63) is 24.0 Å². The third-order valence-electron chi connectivity index (χ3n) is 1.74. The highest BCUT2D eigenvalue weighted by molar-refractivity contribution is 9.10. The van der Waals surface area contributed by atoms with E-state index in [0.717, 1.165) is 5.69 Å². The van der Waals surface area contributed by atoms with Crippen LogP contribution in [0.5, 0.6) is 5.75 Å². The highest BCUT2D eigenvalue weighted by Crippen LogP contribution is 2.11. The van der Waals surface area contributed by atoms with Gasteiger partial charge in [0.05, 0.1) is 13.3 Å². The molecule has 0 fully saturated rings. The van der Waals surface area contributed by atoms with Gasteiger partial charge in [-0.15, -0.1) is 0 Å². The van der Waals surface area contributed by atoms with E-state index in [2.05, 4.69) is 25.7 Å². The van der Waals surface area contributed by atoms with Crippen molar-refractivity contribution in [3.8, 4) is 5.75 Å². The second-order valence-electron chi connectivity index (χ2n) is 2.94. The van der Waals surface area contributed by atoms with Crippen LogP contribution < -0.4 is 4.74 Å². The molecule has 1 aromatic rings. The number of pyridine rings is 1. The van der Waals surface area contributed by atoms with Gasteiger partial charge < -0.3 is 9.47 Å². The molecule has 0 aromatic carbocycles. The Hall–Kier alpha value is -1.10. The van der Waals surface area contributed by atoms with Gasteiger partial charge in [-0.05, 0) is 19.1 Å². The van der Waals surface area contributed by atoms with Crippen LogP contribution >= 0.6 is 15.9 Å². The number of hydrogen-bond donors (Lipinski definition) is 0. The van der Waals surface area contributed by atoms with Crippen LogP contribution in [0.25, 0.3) is 0 Å². The zero-order valence-corrected chi connectivity index (χ0v) is 10.2. The lowest BCUT2D eigenvalue weighted by Crippen LogP contribution is -2.22. The summed E-state index contributed by atoms with van der Waals surface area (Å²) in [6, 6.07) is 3.65. The molecule has 5 heteroatoms. The second-order valence-corrected chi connectivity index (χ2v) is 4.04. The Morgan fingerprint density at radius 1 is 1.60 bits per heavy atom. The summed E-state index contributed by atoms with van der Waals surface area (Å²) in [5.41, 5.74) is 0.922. The molecule has 0 bridgehead atoms. The molecule has 82 valence electrons. The Labute approximate surface area is 96.7 Å². The number of carbonyl (C=O) groups is 1. The van der Waals surface area contributed by atoms with E-state index in [4.69, 9.17) is 4.74 Å². The van der Waals surface area contributed by atoms with E-state index in [1.165, 1.54) is 7.11 Å². The van der Waals surface area contributed by atoms with E-state index < -0.39 is 4.83 Å². The number of nitrogens with zero attached hydrogens (tertiary/aromatic N) is 1. The first kappa shape index (κ1) is 12.0. The van der Waals surface area contributed by atoms with Crippen molar-refractivity contribution < 1.29 is 14.3 Å². The number of methoxy groups -OCH3 is 1. The summed E-state index contributed by atoms with van der Waals surface area (Å²) in [6.45, 7) is 2.11. The van der Waals surface area contributed by atoms with Gasteiger partial charge in [-0.3, -0.25) is 9.78 Å². The van der Waals surface area contributed by atoms with E-state index in [1.54, 1.807) is 12.3 Å². The zero-order valence-electron chi connectivity index (χ0n) is 8.57. The SMILES string of the molecule is COC(=O)C(Br)COc1ccc(C)nc1. The summed E-state index contributed by atoms with van der Waals surface area (Å²) in [5.74, 6) is 0.282. The first-order valence-electron chi connectivity index (χ1n) is 4.41. The number of aryl methyl sites for hydroxylation is 1. The van der Waals surface area contributed by atoms with Crippen LogP contribution in [-0.4, -0.2) is 29.5 Å². The Morgan fingerprint density at radius 3 is 2.87 bits per heavy atom. The summed E-state index contributed by atoms with van der Waals surface area (Å²) in [4.78, 5) is 14.6. The fraction of sp³-hybridized carbons (Fsp3) is 0.400. The van der Waals surface area contributed by atoms with Gasteiger partial charge in [-0.1, -0.05) is 15.9 Å². The standard InChI is InChI=1S/C10H12BrNO3/c1-7-3-4-8(5-12-7)15-6-9(11)10(13)14-2/h3-5,9H,6H2,1-2H3. The average Bonchev–Trinajstić information content (AvgIpc) is 2.26. The van der Waals surface area contributed by atoms with Crippen molar-refractivity contribution in [1.82, 2.24) is 4.98 Å². The highest BCUT2D eigenvalue weighted by Gasteiger charge is 2.15. The summed E-state index contributed by atoms with van der Waals surface area (Å²) in [6.07, 6.45) is 1.62. The molecular formula is C10H12BrNO3. The minimum absolute atomic E-state index is 0.220. The minimum atomic E-state index is -0.455. The topological polar surface area (TPSA) is 48.4 Å². The molecule has 15 heavy (non-hydrogen) atoms. The van der Waals surface area contributed by atoms with Gasteiger partial charge in [0, 0.05) is 5.69 Å². The molecule has 1 rings (SSSR count). The van der Waals surface area contributed by atoms with Crippen LogP contribution in [0.1, 0.15) is 5.69 Å². The van der Waals surface area contributed by atoms with Gasteiger partial charge in [0.15, 0.2) is 0 Å². The van der Waals surface area contributed by atoms with Crippen molar-refractivity contribution in [2.75, 3.05) is 13.7 Å². The number of alkyl halides is 1. The smallest absolute Gasteiger partial charge is 0.322 e. The molecule has 1 heterocycles. The Kier molecular flexibility index (Phi) is 4.55. The molecule has 0 amide bonds. The first-order chi connectivity index (χ1) is 7.13. The fourth-order valence-corrected chi connectivity index (χ4v) is 1.22. The average molecular weight is 274 g/mol. The van der Waals surface area contributed by atoms with Crippen molar-refractivity contribution in [3.63, 3.8) is 0 Å². The molecule has 0 spiro atoms. The molecule has 1 unspecified atom stereocenters. The first-order valence-corrected chi connectivity index (χ1v) is 5.32. The Bertz CT molecular complexity index is 326. The molecule has 0 aliphatic carbocycles. The number of hydrogen-bond acceptors (Lipinski definition) is 4. The van der Waals surface area contributed by atoms with Crippen molar-refractivity contribution in [1.29, 1.82) is 0 Å². The van der Waals surface area contributed by atoms with Gasteiger partial charge in [0.25, 0.3) is 0 Å². The molecule has 0 aliphatic heterocycles. The van der Waals surface area contributed by atoms with E-state index in [9.17, 15) is 4.79 Å². The Morgan fingerprint density at radius 2 is 2.33 bits per heavy atom. The number of aromatic nitrogens is 1. The van der Waals surface area contributed by atoms with Crippen molar-refractivity contribution >= 4 is 21.9 Å². The molecule has 0 aliphatic rings. The van der Waals surface area contributed by atoms with E-state index >= 15 is 0 Å². The second kappa shape index (κ2) is 5.70. The van der Waals surface area contributed by atoms with E-state index in [0.29, 0.717) is 5.75 Å². The lowest BCUT2D eigenvalue weighted by Gasteiger charge is -2.09. The molecule has 0 saturated heterocycles. The molecule has 4 nitrogen and oxygen atoms in total. The number of halogens is 1. The molecule has 1 atom stereocenters. The van der Waals surface area contributed by atoms with Crippen LogP contribution in [-0.2, 0) is 9.53 Å². The van der Waals surface area contributed by atoms with Crippen LogP contribution in [0.2, 0.25) is 0 Å². The monoisotopic (exact) mass is 273 g/mol. The number of rotatable bonds is 4. The van der Waals surface area contributed by atoms with Crippen LogP contribution in [0.3, 0.4) is 0 Å². The van der Waals surface area contributed by atoms with Crippen molar-refractivity contribution in [2.24, 2.45) is 0 Å². The van der Waals surface area contributed by atoms with Gasteiger partial charge in [-0.2, -0.15) is 0 Å². The normalized spacial score (nSPS) is 11.9. The molecular weight excluding hydrogens is 262 g/mol. The van der Waals surface area contributed by atoms with Gasteiger partial charge >= 0.3 is 5.97 Å². The number of ether oxygens (including phenoxy) is 2. The Balaban J connectivity index is 2.43. The highest BCUT2D eigenvalue weighted by atomic mass is 79.9. The van der Waals surface area contributed by atoms with E-state index in [1.807, 2.05) is 13.0 Å². The summed E-state index contributed by atoms with van der Waals surface area (Å²) in [7, 11) is 1.34.